The standard InChI is InChI=1S/C21H18Cl2N2O2/c22-17-6-3-7-18(23)16(17)12-19(21(24)27)25-20(26)11-13-8-9-14-4-1-2-5-15(14)10-13/h1-10,19H,11-12H2,(H2,24,27)(H,25,26)/t19-/m1/s1. The van der Waals surface area contributed by atoms with Crippen molar-refractivity contribution in [2.24, 2.45) is 5.73 Å². The largest absolute Gasteiger partial charge is 0.368 e. The number of hydrogen-bond acceptors (Lipinski definition) is 2. The average molecular weight is 401 g/mol. The molecular formula is C21H18Cl2N2O2. The van der Waals surface area contributed by atoms with E-state index in [9.17, 15) is 9.59 Å². The molecule has 0 aliphatic heterocycles. The fourth-order valence-corrected chi connectivity index (χ4v) is 3.49. The van der Waals surface area contributed by atoms with Crippen molar-refractivity contribution in [1.29, 1.82) is 0 Å². The van der Waals surface area contributed by atoms with Gasteiger partial charge in [-0.2, -0.15) is 0 Å². The lowest BCUT2D eigenvalue weighted by molar-refractivity contribution is -0.127. The van der Waals surface area contributed by atoms with Gasteiger partial charge in [0.1, 0.15) is 6.04 Å². The number of carbonyl (C=O) groups is 2. The number of fused-ring (bicyclic) bond motifs is 1. The molecule has 0 aromatic heterocycles. The monoisotopic (exact) mass is 400 g/mol. The Bertz CT molecular complexity index is 984. The van der Waals surface area contributed by atoms with Crippen molar-refractivity contribution in [2.45, 2.75) is 18.9 Å². The van der Waals surface area contributed by atoms with Crippen LogP contribution in [0.1, 0.15) is 11.1 Å². The van der Waals surface area contributed by atoms with Gasteiger partial charge in [0.25, 0.3) is 0 Å². The summed E-state index contributed by atoms with van der Waals surface area (Å²) in [5, 5.41) is 5.70. The first-order valence-corrected chi connectivity index (χ1v) is 9.19. The maximum absolute atomic E-state index is 12.4. The van der Waals surface area contributed by atoms with Crippen molar-refractivity contribution in [2.75, 3.05) is 0 Å². The third-order valence-electron chi connectivity index (χ3n) is 4.33. The van der Waals surface area contributed by atoms with Crippen LogP contribution < -0.4 is 11.1 Å². The molecule has 2 amide bonds. The summed E-state index contributed by atoms with van der Waals surface area (Å²) in [7, 11) is 0. The summed E-state index contributed by atoms with van der Waals surface area (Å²) < 4.78 is 0. The normalized spacial score (nSPS) is 11.9. The van der Waals surface area contributed by atoms with Crippen LogP contribution in [-0.4, -0.2) is 17.9 Å². The lowest BCUT2D eigenvalue weighted by Gasteiger charge is -2.17. The van der Waals surface area contributed by atoms with Gasteiger partial charge < -0.3 is 11.1 Å². The average Bonchev–Trinajstić information content (AvgIpc) is 2.63. The summed E-state index contributed by atoms with van der Waals surface area (Å²) >= 11 is 12.3. The lowest BCUT2D eigenvalue weighted by atomic mass is 10.0. The molecule has 0 spiro atoms. The topological polar surface area (TPSA) is 72.2 Å². The fourth-order valence-electron chi connectivity index (χ4n) is 2.93. The molecule has 0 fully saturated rings. The first-order chi connectivity index (χ1) is 12.9. The van der Waals surface area contributed by atoms with E-state index in [1.165, 1.54) is 0 Å². The Morgan fingerprint density at radius 3 is 2.26 bits per heavy atom. The predicted octanol–water partition coefficient (Wildman–Crippen LogP) is 3.90. The second-order valence-electron chi connectivity index (χ2n) is 6.29. The van der Waals surface area contributed by atoms with Crippen LogP contribution in [0.2, 0.25) is 10.0 Å². The van der Waals surface area contributed by atoms with E-state index < -0.39 is 11.9 Å². The first-order valence-electron chi connectivity index (χ1n) is 8.43. The Kier molecular flexibility index (Phi) is 5.99. The third kappa shape index (κ3) is 4.79. The number of nitrogens with two attached hydrogens (primary N) is 1. The fraction of sp³-hybridized carbons (Fsp3) is 0.143. The van der Waals surface area contributed by atoms with Gasteiger partial charge >= 0.3 is 0 Å². The molecule has 0 heterocycles. The zero-order valence-corrected chi connectivity index (χ0v) is 15.9. The van der Waals surface area contributed by atoms with Gasteiger partial charge in [-0.3, -0.25) is 9.59 Å². The van der Waals surface area contributed by atoms with E-state index in [0.29, 0.717) is 15.6 Å². The minimum Gasteiger partial charge on any atom is -0.368 e. The van der Waals surface area contributed by atoms with Gasteiger partial charge in [-0.05, 0) is 34.0 Å². The van der Waals surface area contributed by atoms with Crippen LogP contribution in [0.4, 0.5) is 0 Å². The molecule has 3 N–H and O–H groups in total. The van der Waals surface area contributed by atoms with Crippen LogP contribution in [-0.2, 0) is 22.4 Å². The van der Waals surface area contributed by atoms with Gasteiger partial charge in [-0.1, -0.05) is 71.7 Å². The van der Waals surface area contributed by atoms with Crippen LogP contribution in [0.15, 0.2) is 60.7 Å². The van der Waals surface area contributed by atoms with Crippen molar-refractivity contribution >= 4 is 45.8 Å². The number of rotatable bonds is 6. The summed E-state index contributed by atoms with van der Waals surface area (Å²) in [5.41, 5.74) is 6.89. The van der Waals surface area contributed by atoms with Crippen LogP contribution in [0.5, 0.6) is 0 Å². The summed E-state index contributed by atoms with van der Waals surface area (Å²) in [6.45, 7) is 0. The van der Waals surface area contributed by atoms with E-state index in [-0.39, 0.29) is 18.7 Å². The summed E-state index contributed by atoms with van der Waals surface area (Å²) in [4.78, 5) is 24.2. The van der Waals surface area contributed by atoms with Gasteiger partial charge in [0, 0.05) is 16.5 Å². The molecule has 138 valence electrons. The zero-order chi connectivity index (χ0) is 19.4. The molecule has 3 aromatic rings. The molecule has 6 heteroatoms. The second kappa shape index (κ2) is 8.42. The molecule has 4 nitrogen and oxygen atoms in total. The molecule has 27 heavy (non-hydrogen) atoms. The molecule has 0 aliphatic carbocycles. The Morgan fingerprint density at radius 1 is 0.926 bits per heavy atom. The van der Waals surface area contributed by atoms with Gasteiger partial charge in [0.05, 0.1) is 6.42 Å². The summed E-state index contributed by atoms with van der Waals surface area (Å²) in [6, 6.07) is 17.9. The highest BCUT2D eigenvalue weighted by atomic mass is 35.5. The van der Waals surface area contributed by atoms with Crippen molar-refractivity contribution < 1.29 is 9.59 Å². The molecule has 0 unspecified atom stereocenters. The number of carbonyl (C=O) groups excluding carboxylic acids is 2. The van der Waals surface area contributed by atoms with Crippen LogP contribution >= 0.6 is 23.2 Å². The Morgan fingerprint density at radius 2 is 1.59 bits per heavy atom. The zero-order valence-electron chi connectivity index (χ0n) is 14.4. The number of amides is 2. The quantitative estimate of drug-likeness (QED) is 0.658. The van der Waals surface area contributed by atoms with Crippen molar-refractivity contribution in [3.05, 3.63) is 81.8 Å². The predicted molar refractivity (Wildman–Crippen MR) is 109 cm³/mol. The summed E-state index contributed by atoms with van der Waals surface area (Å²) in [5.74, 6) is -0.935. The number of primary amides is 1. The highest BCUT2D eigenvalue weighted by molar-refractivity contribution is 6.36. The lowest BCUT2D eigenvalue weighted by Crippen LogP contribution is -2.46. The highest BCUT2D eigenvalue weighted by Gasteiger charge is 2.21. The molecule has 1 atom stereocenters. The van der Waals surface area contributed by atoms with Crippen molar-refractivity contribution in [3.63, 3.8) is 0 Å². The van der Waals surface area contributed by atoms with Gasteiger partial charge in [0.15, 0.2) is 0 Å². The van der Waals surface area contributed by atoms with Crippen molar-refractivity contribution in [3.8, 4) is 0 Å². The molecule has 3 rings (SSSR count). The van der Waals surface area contributed by atoms with Gasteiger partial charge in [-0.25, -0.2) is 0 Å². The molecule has 0 bridgehead atoms. The maximum Gasteiger partial charge on any atom is 0.240 e. The smallest absolute Gasteiger partial charge is 0.240 e. The Balaban J connectivity index is 1.72. The molecule has 0 radical (unpaired) electrons. The van der Waals surface area contributed by atoms with Gasteiger partial charge in [-0.15, -0.1) is 0 Å². The minimum absolute atomic E-state index is 0.136. The van der Waals surface area contributed by atoms with E-state index >= 15 is 0 Å². The van der Waals surface area contributed by atoms with Gasteiger partial charge in [0.2, 0.25) is 11.8 Å². The van der Waals surface area contributed by atoms with E-state index in [2.05, 4.69) is 5.32 Å². The third-order valence-corrected chi connectivity index (χ3v) is 5.04. The van der Waals surface area contributed by atoms with E-state index in [1.807, 2.05) is 42.5 Å². The summed E-state index contributed by atoms with van der Waals surface area (Å²) in [6.07, 6.45) is 0.280. The first kappa shape index (κ1) is 19.2. The van der Waals surface area contributed by atoms with E-state index in [0.717, 1.165) is 16.3 Å². The number of halogens is 2. The highest BCUT2D eigenvalue weighted by Crippen LogP contribution is 2.25. The molecule has 0 aliphatic rings. The molecule has 3 aromatic carbocycles. The minimum atomic E-state index is -0.893. The number of benzene rings is 3. The molecular weight excluding hydrogens is 383 g/mol. The SMILES string of the molecule is NC(=O)[C@@H](Cc1c(Cl)cccc1Cl)NC(=O)Cc1ccc2ccccc2c1. The molecule has 0 saturated carbocycles. The maximum atomic E-state index is 12.4. The van der Waals surface area contributed by atoms with E-state index in [4.69, 9.17) is 28.9 Å². The Labute approximate surface area is 167 Å². The van der Waals surface area contributed by atoms with Crippen LogP contribution in [0, 0.1) is 0 Å². The van der Waals surface area contributed by atoms with E-state index in [1.54, 1.807) is 18.2 Å². The number of nitrogens with one attached hydrogen (secondary N) is 1. The van der Waals surface area contributed by atoms with Crippen LogP contribution in [0.25, 0.3) is 10.8 Å². The number of hydrogen-bond donors (Lipinski definition) is 2. The molecule has 0 saturated heterocycles. The Hall–Kier alpha value is -2.56. The second-order valence-corrected chi connectivity index (χ2v) is 7.10. The van der Waals surface area contributed by atoms with Crippen LogP contribution in [0.3, 0.4) is 0 Å². The van der Waals surface area contributed by atoms with Crippen molar-refractivity contribution in [1.82, 2.24) is 5.32 Å².